The second-order valence-corrected chi connectivity index (χ2v) is 3.87. The van der Waals surface area contributed by atoms with Gasteiger partial charge in [0.05, 0.1) is 11.9 Å². The first-order chi connectivity index (χ1) is 6.86. The molecule has 0 aromatic carbocycles. The predicted molar refractivity (Wildman–Crippen MR) is 56.2 cm³/mol. The van der Waals surface area contributed by atoms with Crippen LogP contribution in [0.25, 0.3) is 0 Å². The standard InChI is InChI=1S/C10H6N2OS/c13-9-8-3-1-2-5-12(8)10-7(11-9)4-6-14-10/h1,3-6H,(H,11,13). The molecule has 1 N–H and O–H groups in total. The normalized spacial score (nSPS) is 17.3. The van der Waals surface area contributed by atoms with Gasteiger partial charge in [0.1, 0.15) is 10.7 Å². The zero-order valence-corrected chi connectivity index (χ0v) is 7.97. The van der Waals surface area contributed by atoms with Crippen LogP contribution in [0.2, 0.25) is 0 Å². The Balaban J connectivity index is 2.24. The maximum Gasteiger partial charge on any atom is 0.272 e. The highest BCUT2D eigenvalue weighted by Gasteiger charge is 2.27. The molecule has 4 heteroatoms. The zero-order chi connectivity index (χ0) is 9.54. The second kappa shape index (κ2) is 2.61. The van der Waals surface area contributed by atoms with Gasteiger partial charge >= 0.3 is 0 Å². The zero-order valence-electron chi connectivity index (χ0n) is 7.15. The second-order valence-electron chi connectivity index (χ2n) is 2.98. The van der Waals surface area contributed by atoms with Crippen molar-refractivity contribution in [2.24, 2.45) is 0 Å². The Hall–Kier alpha value is -1.77. The fourth-order valence-corrected chi connectivity index (χ4v) is 2.36. The molecule has 1 aromatic rings. The lowest BCUT2D eigenvalue weighted by Crippen LogP contribution is -2.31. The van der Waals surface area contributed by atoms with E-state index in [-0.39, 0.29) is 5.91 Å². The van der Waals surface area contributed by atoms with Crippen LogP contribution in [0.15, 0.2) is 41.2 Å². The Bertz CT molecular complexity index is 506. The molecule has 2 aliphatic heterocycles. The van der Waals surface area contributed by atoms with Crippen LogP contribution in [-0.4, -0.2) is 5.91 Å². The number of amides is 1. The highest BCUT2D eigenvalue weighted by atomic mass is 32.1. The highest BCUT2D eigenvalue weighted by Crippen LogP contribution is 2.39. The molecule has 0 unspecified atom stereocenters. The van der Waals surface area contributed by atoms with Crippen molar-refractivity contribution < 1.29 is 4.79 Å². The van der Waals surface area contributed by atoms with Crippen molar-refractivity contribution in [1.29, 1.82) is 0 Å². The molecule has 0 saturated carbocycles. The summed E-state index contributed by atoms with van der Waals surface area (Å²) in [6, 6.07) is 1.90. The Morgan fingerprint density at radius 1 is 1.50 bits per heavy atom. The maximum atomic E-state index is 11.6. The Labute approximate surface area is 84.7 Å². The third kappa shape index (κ3) is 0.894. The molecule has 3 heterocycles. The molecule has 0 bridgehead atoms. The summed E-state index contributed by atoms with van der Waals surface area (Å²) in [4.78, 5) is 13.5. The van der Waals surface area contributed by atoms with Crippen LogP contribution >= 0.6 is 11.3 Å². The summed E-state index contributed by atoms with van der Waals surface area (Å²) >= 11 is 1.60. The smallest absolute Gasteiger partial charge is 0.272 e. The summed E-state index contributed by atoms with van der Waals surface area (Å²) in [6.45, 7) is 0. The van der Waals surface area contributed by atoms with E-state index in [0.717, 1.165) is 10.7 Å². The van der Waals surface area contributed by atoms with E-state index in [1.54, 1.807) is 29.7 Å². The summed E-state index contributed by atoms with van der Waals surface area (Å²) in [7, 11) is 0. The number of rotatable bonds is 0. The van der Waals surface area contributed by atoms with E-state index in [2.05, 4.69) is 11.0 Å². The van der Waals surface area contributed by atoms with Crippen LogP contribution in [0.5, 0.6) is 0 Å². The average Bonchev–Trinajstić information content (AvgIpc) is 2.66. The number of allylic oxidation sites excluding steroid dienone is 2. The van der Waals surface area contributed by atoms with Gasteiger partial charge in [0, 0.05) is 0 Å². The number of fused-ring (bicyclic) bond motifs is 3. The molecule has 2 aliphatic rings. The van der Waals surface area contributed by atoms with Gasteiger partial charge in [0.2, 0.25) is 0 Å². The van der Waals surface area contributed by atoms with Crippen LogP contribution in [-0.2, 0) is 4.79 Å². The monoisotopic (exact) mass is 202 g/mol. The molecule has 0 fully saturated rings. The number of anilines is 2. The van der Waals surface area contributed by atoms with E-state index < -0.39 is 0 Å². The summed E-state index contributed by atoms with van der Waals surface area (Å²) in [5, 5.41) is 5.83. The largest absolute Gasteiger partial charge is 0.318 e. The first-order valence-electron chi connectivity index (χ1n) is 4.17. The van der Waals surface area contributed by atoms with E-state index in [4.69, 9.17) is 0 Å². The van der Waals surface area contributed by atoms with E-state index in [0.29, 0.717) is 5.70 Å². The van der Waals surface area contributed by atoms with Crippen LogP contribution in [0, 0.1) is 0 Å². The number of carbonyl (C=O) groups excluding carboxylic acids is 1. The summed E-state index contributed by atoms with van der Waals surface area (Å²) in [6.07, 6.45) is 5.28. The minimum Gasteiger partial charge on any atom is -0.318 e. The number of hydrogen-bond donors (Lipinski definition) is 1. The van der Waals surface area contributed by atoms with Gasteiger partial charge in [-0.05, 0) is 23.6 Å². The highest BCUT2D eigenvalue weighted by molar-refractivity contribution is 7.15. The maximum absolute atomic E-state index is 11.6. The van der Waals surface area contributed by atoms with Crippen LogP contribution in [0.1, 0.15) is 0 Å². The third-order valence-corrected chi connectivity index (χ3v) is 3.06. The van der Waals surface area contributed by atoms with Gasteiger partial charge in [-0.3, -0.25) is 9.69 Å². The fraction of sp³-hybridized carbons (Fsp3) is 0. The van der Waals surface area contributed by atoms with Gasteiger partial charge < -0.3 is 5.32 Å². The average molecular weight is 202 g/mol. The van der Waals surface area contributed by atoms with E-state index >= 15 is 0 Å². The van der Waals surface area contributed by atoms with E-state index in [1.165, 1.54) is 0 Å². The van der Waals surface area contributed by atoms with Gasteiger partial charge in [-0.15, -0.1) is 17.1 Å². The minimum atomic E-state index is -0.0649. The van der Waals surface area contributed by atoms with Gasteiger partial charge in [-0.2, -0.15) is 0 Å². The summed E-state index contributed by atoms with van der Waals surface area (Å²) in [5.74, 6) is -0.0649. The Morgan fingerprint density at radius 3 is 3.36 bits per heavy atom. The molecular weight excluding hydrogens is 196 g/mol. The Kier molecular flexibility index (Phi) is 1.42. The molecule has 3 rings (SSSR count). The van der Waals surface area contributed by atoms with Gasteiger partial charge in [-0.1, -0.05) is 0 Å². The molecule has 0 atom stereocenters. The quantitative estimate of drug-likeness (QED) is 0.653. The van der Waals surface area contributed by atoms with Crippen molar-refractivity contribution >= 4 is 27.9 Å². The fourth-order valence-electron chi connectivity index (χ4n) is 1.52. The number of hydrogen-bond acceptors (Lipinski definition) is 3. The lowest BCUT2D eigenvalue weighted by atomic mass is 10.2. The van der Waals surface area contributed by atoms with Crippen molar-refractivity contribution in [3.8, 4) is 0 Å². The molecule has 0 radical (unpaired) electrons. The number of nitrogens with one attached hydrogen (secondary N) is 1. The SMILES string of the molecule is O=C1Nc2ccsc2N2C=C=CC=C12. The van der Waals surface area contributed by atoms with Gasteiger partial charge in [-0.25, -0.2) is 0 Å². The number of thiophene rings is 1. The summed E-state index contributed by atoms with van der Waals surface area (Å²) in [5.41, 5.74) is 4.49. The van der Waals surface area contributed by atoms with Crippen molar-refractivity contribution in [3.05, 3.63) is 41.2 Å². The van der Waals surface area contributed by atoms with Crippen molar-refractivity contribution in [2.75, 3.05) is 10.2 Å². The molecule has 1 aromatic heterocycles. The first kappa shape index (κ1) is 7.62. The van der Waals surface area contributed by atoms with E-state index in [1.807, 2.05) is 16.3 Å². The molecular formula is C10H6N2OS. The van der Waals surface area contributed by atoms with Crippen LogP contribution < -0.4 is 10.2 Å². The topological polar surface area (TPSA) is 32.3 Å². The van der Waals surface area contributed by atoms with Gasteiger partial charge in [0.15, 0.2) is 0 Å². The molecule has 1 amide bonds. The Morgan fingerprint density at radius 2 is 2.43 bits per heavy atom. The molecule has 0 spiro atoms. The molecule has 0 saturated heterocycles. The van der Waals surface area contributed by atoms with Crippen LogP contribution in [0.4, 0.5) is 10.7 Å². The molecule has 68 valence electrons. The van der Waals surface area contributed by atoms with Crippen molar-refractivity contribution in [1.82, 2.24) is 0 Å². The summed E-state index contributed by atoms with van der Waals surface area (Å²) < 4.78 is 0. The molecule has 0 aliphatic carbocycles. The van der Waals surface area contributed by atoms with E-state index in [9.17, 15) is 4.79 Å². The van der Waals surface area contributed by atoms with Crippen molar-refractivity contribution in [3.63, 3.8) is 0 Å². The number of nitrogens with zero attached hydrogens (tertiary/aromatic N) is 1. The predicted octanol–water partition coefficient (Wildman–Crippen LogP) is 2.07. The lowest BCUT2D eigenvalue weighted by molar-refractivity contribution is -0.113. The third-order valence-electron chi connectivity index (χ3n) is 2.15. The first-order valence-corrected chi connectivity index (χ1v) is 5.05. The molecule has 3 nitrogen and oxygen atoms in total. The van der Waals surface area contributed by atoms with Crippen molar-refractivity contribution in [2.45, 2.75) is 0 Å². The molecule has 14 heavy (non-hydrogen) atoms. The van der Waals surface area contributed by atoms with Crippen LogP contribution in [0.3, 0.4) is 0 Å². The lowest BCUT2D eigenvalue weighted by Gasteiger charge is -2.27. The minimum absolute atomic E-state index is 0.0649. The number of carbonyl (C=O) groups is 1. The van der Waals surface area contributed by atoms with Gasteiger partial charge in [0.25, 0.3) is 5.91 Å².